The van der Waals surface area contributed by atoms with Crippen LogP contribution in [0, 0.1) is 0 Å². The minimum atomic E-state index is -3.86. The van der Waals surface area contributed by atoms with Crippen molar-refractivity contribution in [2.45, 2.75) is 43.8 Å². The predicted molar refractivity (Wildman–Crippen MR) is 84.5 cm³/mol. The molecule has 2 aromatic rings. The lowest BCUT2D eigenvalue weighted by atomic mass is 9.78. The largest absolute Gasteiger partial charge is 0.497 e. The molecule has 0 saturated carbocycles. The molecular formula is C12H16BN3O4S2. The van der Waals surface area contributed by atoms with E-state index in [2.05, 4.69) is 8.75 Å². The van der Waals surface area contributed by atoms with Gasteiger partial charge >= 0.3 is 7.12 Å². The van der Waals surface area contributed by atoms with Crippen LogP contribution >= 0.6 is 11.7 Å². The molecule has 1 fully saturated rings. The summed E-state index contributed by atoms with van der Waals surface area (Å²) in [6.45, 7) is 7.79. The van der Waals surface area contributed by atoms with Gasteiger partial charge in [0, 0.05) is 5.46 Å². The van der Waals surface area contributed by atoms with E-state index in [4.69, 9.17) is 14.4 Å². The van der Waals surface area contributed by atoms with Crippen molar-refractivity contribution in [2.24, 2.45) is 5.14 Å². The van der Waals surface area contributed by atoms with Crippen molar-refractivity contribution in [2.75, 3.05) is 0 Å². The molecule has 1 aromatic heterocycles. The average Bonchev–Trinajstić information content (AvgIpc) is 2.90. The van der Waals surface area contributed by atoms with Gasteiger partial charge in [-0.15, -0.1) is 0 Å². The van der Waals surface area contributed by atoms with Gasteiger partial charge in [-0.05, 0) is 33.8 Å². The SMILES string of the molecule is CC1(C)OB(c2ccc(S(N)(=O)=O)c3nsnc23)OC1(C)C. The number of sulfonamides is 1. The van der Waals surface area contributed by atoms with Crippen LogP contribution in [0.15, 0.2) is 17.0 Å². The van der Waals surface area contributed by atoms with E-state index in [1.54, 1.807) is 6.07 Å². The van der Waals surface area contributed by atoms with E-state index in [9.17, 15) is 8.42 Å². The first kappa shape index (κ1) is 15.8. The van der Waals surface area contributed by atoms with Crippen molar-refractivity contribution in [1.82, 2.24) is 8.75 Å². The number of aromatic nitrogens is 2. The van der Waals surface area contributed by atoms with Gasteiger partial charge in [0.15, 0.2) is 0 Å². The van der Waals surface area contributed by atoms with Gasteiger partial charge < -0.3 is 9.31 Å². The zero-order chi connectivity index (χ0) is 16.3. The molecule has 0 atom stereocenters. The predicted octanol–water partition coefficient (Wildman–Crippen LogP) is 0.638. The van der Waals surface area contributed by atoms with Gasteiger partial charge in [-0.25, -0.2) is 13.6 Å². The monoisotopic (exact) mass is 341 g/mol. The number of fused-ring (bicyclic) bond motifs is 1. The summed E-state index contributed by atoms with van der Waals surface area (Å²) < 4.78 is 43.5. The van der Waals surface area contributed by atoms with Crippen LogP contribution < -0.4 is 10.6 Å². The summed E-state index contributed by atoms with van der Waals surface area (Å²) in [5.41, 5.74) is 0.350. The van der Waals surface area contributed by atoms with Crippen LogP contribution in [-0.4, -0.2) is 35.5 Å². The van der Waals surface area contributed by atoms with Crippen molar-refractivity contribution in [3.8, 4) is 0 Å². The second kappa shape index (κ2) is 4.71. The molecule has 22 heavy (non-hydrogen) atoms. The third kappa shape index (κ3) is 2.35. The van der Waals surface area contributed by atoms with Gasteiger partial charge in [0.1, 0.15) is 15.9 Å². The Morgan fingerprint density at radius 1 is 1.09 bits per heavy atom. The third-order valence-corrected chi connectivity index (χ3v) is 5.69. The molecule has 7 nitrogen and oxygen atoms in total. The maximum atomic E-state index is 11.6. The first-order chi connectivity index (χ1) is 10.0. The number of benzene rings is 1. The molecule has 0 bridgehead atoms. The fourth-order valence-electron chi connectivity index (χ4n) is 2.25. The van der Waals surface area contributed by atoms with Gasteiger partial charge in [-0.2, -0.15) is 8.75 Å². The molecule has 118 valence electrons. The minimum absolute atomic E-state index is 0.0449. The van der Waals surface area contributed by atoms with Crippen molar-refractivity contribution in [3.63, 3.8) is 0 Å². The molecule has 10 heteroatoms. The fraction of sp³-hybridized carbons (Fsp3) is 0.500. The zero-order valence-electron chi connectivity index (χ0n) is 12.7. The van der Waals surface area contributed by atoms with Crippen LogP contribution in [0.3, 0.4) is 0 Å². The Morgan fingerprint density at radius 2 is 1.64 bits per heavy atom. The highest BCUT2D eigenvalue weighted by molar-refractivity contribution is 7.89. The Hall–Kier alpha value is -1.07. The summed E-state index contributed by atoms with van der Waals surface area (Å²) in [6, 6.07) is 3.03. The van der Waals surface area contributed by atoms with Crippen molar-refractivity contribution < 1.29 is 17.7 Å². The number of primary sulfonamides is 1. The van der Waals surface area contributed by atoms with E-state index in [1.807, 2.05) is 27.7 Å². The molecule has 1 aliphatic heterocycles. The van der Waals surface area contributed by atoms with Crippen LogP contribution in [0.4, 0.5) is 0 Å². The molecule has 0 unspecified atom stereocenters. The van der Waals surface area contributed by atoms with Crippen LogP contribution in [0.2, 0.25) is 0 Å². The molecule has 3 rings (SSSR count). The molecule has 0 aliphatic carbocycles. The standard InChI is InChI=1S/C12H16BN3O4S2/c1-11(2)12(3,4)20-13(19-11)7-5-6-8(22(14,17)18)10-9(7)15-21-16-10/h5-6H,1-4H3,(H2,14,17,18). The number of nitrogens with zero attached hydrogens (tertiary/aromatic N) is 2. The first-order valence-corrected chi connectivity index (χ1v) is 8.94. The second-order valence-electron chi connectivity index (χ2n) is 6.25. The Morgan fingerprint density at radius 3 is 2.18 bits per heavy atom. The summed E-state index contributed by atoms with van der Waals surface area (Å²) in [7, 11) is -4.50. The van der Waals surface area contributed by atoms with Gasteiger partial charge in [0.05, 0.1) is 22.9 Å². The van der Waals surface area contributed by atoms with Crippen LogP contribution in [-0.2, 0) is 19.3 Å². The third-order valence-electron chi connectivity index (χ3n) is 4.22. The summed E-state index contributed by atoms with van der Waals surface area (Å²) in [6.07, 6.45) is 0. The molecule has 2 heterocycles. The van der Waals surface area contributed by atoms with Crippen molar-refractivity contribution >= 4 is 45.4 Å². The van der Waals surface area contributed by atoms with E-state index in [0.717, 1.165) is 11.7 Å². The molecule has 1 saturated heterocycles. The van der Waals surface area contributed by atoms with Gasteiger partial charge in [0.25, 0.3) is 0 Å². The van der Waals surface area contributed by atoms with Gasteiger partial charge in [0.2, 0.25) is 10.0 Å². The lowest BCUT2D eigenvalue weighted by Gasteiger charge is -2.32. The number of hydrogen-bond donors (Lipinski definition) is 1. The number of nitrogens with two attached hydrogens (primary N) is 1. The zero-order valence-corrected chi connectivity index (χ0v) is 14.3. The van der Waals surface area contributed by atoms with Gasteiger partial charge in [-0.3, -0.25) is 0 Å². The smallest absolute Gasteiger partial charge is 0.399 e. The summed E-state index contributed by atoms with van der Waals surface area (Å²) >= 11 is 0.925. The van der Waals surface area contributed by atoms with Crippen LogP contribution in [0.25, 0.3) is 11.0 Å². The Bertz CT molecular complexity index is 831. The molecule has 0 spiro atoms. The molecular weight excluding hydrogens is 325 g/mol. The highest BCUT2D eigenvalue weighted by Gasteiger charge is 2.52. The highest BCUT2D eigenvalue weighted by atomic mass is 32.2. The Balaban J connectivity index is 2.14. The summed E-state index contributed by atoms with van der Waals surface area (Å²) in [4.78, 5) is -0.0449. The van der Waals surface area contributed by atoms with Crippen LogP contribution in [0.1, 0.15) is 27.7 Å². The Kier molecular flexibility index (Phi) is 3.39. The summed E-state index contributed by atoms with van der Waals surface area (Å²) in [5, 5.41) is 5.22. The lowest BCUT2D eigenvalue weighted by molar-refractivity contribution is 0.00578. The Labute approximate surface area is 133 Å². The molecule has 0 radical (unpaired) electrons. The normalized spacial score (nSPS) is 20.7. The minimum Gasteiger partial charge on any atom is -0.399 e. The van der Waals surface area contributed by atoms with E-state index in [1.165, 1.54) is 6.07 Å². The van der Waals surface area contributed by atoms with E-state index in [-0.39, 0.29) is 10.4 Å². The van der Waals surface area contributed by atoms with Gasteiger partial charge in [-0.1, -0.05) is 6.07 Å². The maximum absolute atomic E-state index is 11.6. The van der Waals surface area contributed by atoms with E-state index < -0.39 is 28.3 Å². The van der Waals surface area contributed by atoms with Crippen molar-refractivity contribution in [3.05, 3.63) is 12.1 Å². The lowest BCUT2D eigenvalue weighted by Crippen LogP contribution is -2.41. The molecule has 1 aliphatic rings. The van der Waals surface area contributed by atoms with E-state index >= 15 is 0 Å². The first-order valence-electron chi connectivity index (χ1n) is 6.66. The van der Waals surface area contributed by atoms with E-state index in [0.29, 0.717) is 11.0 Å². The molecule has 2 N–H and O–H groups in total. The molecule has 1 aromatic carbocycles. The van der Waals surface area contributed by atoms with Crippen LogP contribution in [0.5, 0.6) is 0 Å². The number of rotatable bonds is 2. The average molecular weight is 341 g/mol. The quantitative estimate of drug-likeness (QED) is 0.804. The highest BCUT2D eigenvalue weighted by Crippen LogP contribution is 2.37. The van der Waals surface area contributed by atoms with Crippen molar-refractivity contribution in [1.29, 1.82) is 0 Å². The summed E-state index contributed by atoms with van der Waals surface area (Å²) in [5.74, 6) is 0. The molecule has 0 amide bonds. The fourth-order valence-corrected chi connectivity index (χ4v) is 3.56. The topological polar surface area (TPSA) is 104 Å². The second-order valence-corrected chi connectivity index (χ2v) is 8.31. The maximum Gasteiger partial charge on any atom is 0.497 e. The number of hydrogen-bond acceptors (Lipinski definition) is 7.